The van der Waals surface area contributed by atoms with Gasteiger partial charge in [0.1, 0.15) is 6.61 Å². The van der Waals surface area contributed by atoms with Crippen molar-refractivity contribution < 1.29 is 42.7 Å². The Morgan fingerprint density at radius 2 is 1.11 bits per heavy atom. The third-order valence-corrected chi connectivity index (χ3v) is 9.11. The van der Waals surface area contributed by atoms with E-state index in [0.717, 1.165) is 57.8 Å². The van der Waals surface area contributed by atoms with Crippen molar-refractivity contribution in [2.24, 2.45) is 0 Å². The lowest BCUT2D eigenvalue weighted by Crippen LogP contribution is -2.29. The van der Waals surface area contributed by atoms with Crippen molar-refractivity contribution >= 4 is 19.8 Å². The first-order valence-corrected chi connectivity index (χ1v) is 21.9. The van der Waals surface area contributed by atoms with Crippen LogP contribution in [0, 0.1) is 0 Å². The second-order valence-corrected chi connectivity index (χ2v) is 14.9. The fraction of sp³-hybridized carbons (Fsp3) is 0.674. The molecule has 0 saturated carbocycles. The van der Waals surface area contributed by atoms with Gasteiger partial charge in [-0.2, -0.15) is 0 Å². The molecule has 1 heterocycles. The lowest BCUT2D eigenvalue weighted by molar-refractivity contribution is -0.161. The number of allylic oxidation sites excluding steroid dienone is 11. The molecule has 0 aliphatic carbocycles. The lowest BCUT2D eigenvalue weighted by Gasteiger charge is -2.18. The molecule has 0 radical (unpaired) electrons. The zero-order valence-electron chi connectivity index (χ0n) is 32.8. The molecule has 1 aliphatic rings. The van der Waals surface area contributed by atoms with Crippen molar-refractivity contribution in [1.29, 1.82) is 0 Å². The molecule has 1 aliphatic heterocycles. The molecule has 1 fully saturated rings. The fourth-order valence-corrected chi connectivity index (χ4v) is 5.83. The van der Waals surface area contributed by atoms with Crippen LogP contribution in [0.2, 0.25) is 0 Å². The highest BCUT2D eigenvalue weighted by Gasteiger charge is 2.36. The van der Waals surface area contributed by atoms with E-state index in [4.69, 9.17) is 24.0 Å². The third-order valence-electron chi connectivity index (χ3n) is 8.62. The molecule has 0 aromatic carbocycles. The number of epoxide rings is 1. The number of phosphoric acid groups is 1. The maximum absolute atomic E-state index is 12.4. The summed E-state index contributed by atoms with van der Waals surface area (Å²) < 4.78 is 32.0. The van der Waals surface area contributed by atoms with Crippen LogP contribution in [0.15, 0.2) is 72.9 Å². The topological polar surface area (TPSA) is 132 Å². The minimum Gasteiger partial charge on any atom is -0.462 e. The average molecular weight is 763 g/mol. The first kappa shape index (κ1) is 48.5. The van der Waals surface area contributed by atoms with Gasteiger partial charge in [-0.05, 0) is 83.5 Å². The van der Waals surface area contributed by atoms with E-state index in [9.17, 15) is 14.2 Å². The van der Waals surface area contributed by atoms with Crippen molar-refractivity contribution in [2.45, 2.75) is 173 Å². The first-order valence-electron chi connectivity index (χ1n) is 20.4. The number of esters is 2. The van der Waals surface area contributed by atoms with E-state index in [2.05, 4.69) is 85.2 Å². The predicted molar refractivity (Wildman–Crippen MR) is 215 cm³/mol. The second kappa shape index (κ2) is 34.0. The van der Waals surface area contributed by atoms with E-state index in [1.54, 1.807) is 0 Å². The Bertz CT molecular complexity index is 1150. The highest BCUT2D eigenvalue weighted by atomic mass is 31.2. The predicted octanol–water partition coefficient (Wildman–Crippen LogP) is 11.3. The van der Waals surface area contributed by atoms with Crippen LogP contribution in [-0.4, -0.2) is 53.3 Å². The van der Waals surface area contributed by atoms with Crippen molar-refractivity contribution in [1.82, 2.24) is 0 Å². The zero-order chi connectivity index (χ0) is 38.7. The summed E-state index contributed by atoms with van der Waals surface area (Å²) in [5.41, 5.74) is 0. The van der Waals surface area contributed by atoms with E-state index in [0.29, 0.717) is 31.5 Å². The molecule has 9 nitrogen and oxygen atoms in total. The van der Waals surface area contributed by atoms with Crippen molar-refractivity contribution in [2.75, 3.05) is 13.2 Å². The normalized spacial score (nSPS) is 17.1. The van der Waals surface area contributed by atoms with Crippen LogP contribution in [0.3, 0.4) is 0 Å². The number of hydrogen-bond acceptors (Lipinski definition) is 7. The van der Waals surface area contributed by atoms with E-state index >= 15 is 0 Å². The maximum Gasteiger partial charge on any atom is 0.469 e. The SMILES string of the molecule is CCCCC/C=C\C/C=C\C/C=C\CCCCCCC(=O)O[C@H](COC(=O)CCC/C=C\C/C=C\C/C=C\CC1OC1CCCCC)COP(=O)(O)O. The highest BCUT2D eigenvalue weighted by molar-refractivity contribution is 7.46. The van der Waals surface area contributed by atoms with Gasteiger partial charge in [0.15, 0.2) is 6.10 Å². The Hall–Kier alpha value is -2.55. The summed E-state index contributed by atoms with van der Waals surface area (Å²) in [6.07, 6.45) is 46.6. The van der Waals surface area contributed by atoms with E-state index < -0.39 is 32.5 Å². The van der Waals surface area contributed by atoms with Gasteiger partial charge in [-0.15, -0.1) is 0 Å². The molecule has 1 saturated heterocycles. The first-order chi connectivity index (χ1) is 25.7. The van der Waals surface area contributed by atoms with Crippen LogP contribution in [-0.2, 0) is 32.9 Å². The summed E-state index contributed by atoms with van der Waals surface area (Å²) in [4.78, 5) is 42.8. The summed E-state index contributed by atoms with van der Waals surface area (Å²) in [7, 11) is -4.78. The minimum atomic E-state index is -4.78. The molecule has 0 bridgehead atoms. The largest absolute Gasteiger partial charge is 0.469 e. The molecule has 0 aromatic rings. The molecule has 2 unspecified atom stereocenters. The Balaban J connectivity index is 2.14. The minimum absolute atomic E-state index is 0.168. The monoisotopic (exact) mass is 762 g/mol. The highest BCUT2D eigenvalue weighted by Crippen LogP contribution is 2.36. The number of ether oxygens (including phenoxy) is 3. The average Bonchev–Trinajstić information content (AvgIpc) is 3.88. The molecule has 3 atom stereocenters. The van der Waals surface area contributed by atoms with Gasteiger partial charge in [0.25, 0.3) is 0 Å². The van der Waals surface area contributed by atoms with Gasteiger partial charge in [-0.25, -0.2) is 4.57 Å². The van der Waals surface area contributed by atoms with Gasteiger partial charge in [0, 0.05) is 12.8 Å². The van der Waals surface area contributed by atoms with E-state index in [1.807, 2.05) is 6.08 Å². The maximum atomic E-state index is 12.4. The third kappa shape index (κ3) is 33.7. The van der Waals surface area contributed by atoms with Gasteiger partial charge in [-0.1, -0.05) is 132 Å². The molecular formula is C43H71O9P. The molecule has 2 N–H and O–H groups in total. The quantitative estimate of drug-likeness (QED) is 0.0213. The molecule has 10 heteroatoms. The Morgan fingerprint density at radius 1 is 0.604 bits per heavy atom. The standard InChI is InChI=1S/C43H71O9P/c1-3-5-7-8-9-10-11-12-13-14-15-16-17-22-25-28-32-36-43(45)51-39(38-50-53(46,47)48)37-49-42(44)35-31-27-24-21-19-18-20-23-26-30-34-41-40(52-41)33-29-6-4-2/h9-10,12-13,15-16,18,20-21,24,26,30,39-41H,3-8,11,14,17,19,22-23,25,27-29,31-38H2,1-2H3,(H2,46,47,48)/b10-9-,13-12-,16-15-,20-18-,24-21-,30-26-/t39-,40?,41?/m1/s1. The summed E-state index contributed by atoms with van der Waals surface area (Å²) >= 11 is 0. The van der Waals surface area contributed by atoms with Crippen molar-refractivity contribution in [3.8, 4) is 0 Å². The lowest BCUT2D eigenvalue weighted by atomic mass is 10.1. The van der Waals surface area contributed by atoms with Crippen molar-refractivity contribution in [3.63, 3.8) is 0 Å². The number of rotatable bonds is 35. The number of hydrogen-bond donors (Lipinski definition) is 2. The molecular weight excluding hydrogens is 691 g/mol. The molecule has 0 aromatic heterocycles. The van der Waals surface area contributed by atoms with Crippen LogP contribution in [0.4, 0.5) is 0 Å². The van der Waals surface area contributed by atoms with Crippen molar-refractivity contribution in [3.05, 3.63) is 72.9 Å². The summed E-state index contributed by atoms with van der Waals surface area (Å²) in [6, 6.07) is 0. The molecule has 1 rings (SSSR count). The molecule has 53 heavy (non-hydrogen) atoms. The zero-order valence-corrected chi connectivity index (χ0v) is 33.7. The van der Waals surface area contributed by atoms with Crippen LogP contribution in [0.25, 0.3) is 0 Å². The molecule has 0 spiro atoms. The Morgan fingerprint density at radius 3 is 1.72 bits per heavy atom. The molecule has 302 valence electrons. The number of carbonyl (C=O) groups excluding carboxylic acids is 2. The summed E-state index contributed by atoms with van der Waals surface area (Å²) in [5, 5.41) is 0. The Kier molecular flexibility index (Phi) is 31.1. The van der Waals surface area contributed by atoms with Gasteiger partial charge in [0.2, 0.25) is 0 Å². The van der Waals surface area contributed by atoms with E-state index in [-0.39, 0.29) is 19.4 Å². The van der Waals surface area contributed by atoms with Crippen LogP contribution >= 0.6 is 7.82 Å². The van der Waals surface area contributed by atoms with Gasteiger partial charge >= 0.3 is 19.8 Å². The number of carbonyl (C=O) groups is 2. The van der Waals surface area contributed by atoms with Crippen LogP contribution in [0.5, 0.6) is 0 Å². The second-order valence-electron chi connectivity index (χ2n) is 13.6. The molecule has 0 amide bonds. The van der Waals surface area contributed by atoms with Crippen LogP contribution < -0.4 is 0 Å². The number of unbranched alkanes of at least 4 members (excludes halogenated alkanes) is 10. The van der Waals surface area contributed by atoms with Crippen LogP contribution in [0.1, 0.15) is 155 Å². The summed E-state index contributed by atoms with van der Waals surface area (Å²) in [6.45, 7) is 3.54. The van der Waals surface area contributed by atoms with Gasteiger partial charge in [0.05, 0.1) is 18.8 Å². The number of phosphoric ester groups is 1. The summed E-state index contributed by atoms with van der Waals surface area (Å²) in [5.74, 6) is -0.987. The Labute approximate surface area is 321 Å². The smallest absolute Gasteiger partial charge is 0.462 e. The van der Waals surface area contributed by atoms with Gasteiger partial charge in [-0.3, -0.25) is 14.1 Å². The fourth-order valence-electron chi connectivity index (χ4n) is 5.46. The van der Waals surface area contributed by atoms with E-state index in [1.165, 1.54) is 51.4 Å². The van der Waals surface area contributed by atoms with Gasteiger partial charge < -0.3 is 24.0 Å².